The number of ether oxygens (including phenoxy) is 1. The Bertz CT molecular complexity index is 370. The minimum absolute atomic E-state index is 0.0160. The molecule has 1 atom stereocenters. The summed E-state index contributed by atoms with van der Waals surface area (Å²) in [5.74, 6) is 0. The van der Waals surface area contributed by atoms with Crippen LogP contribution in [0.2, 0.25) is 0 Å². The Morgan fingerprint density at radius 2 is 1.82 bits per heavy atom. The molecule has 2 nitrogen and oxygen atoms in total. The zero-order valence-electron chi connectivity index (χ0n) is 11.3. The normalized spacial score (nSPS) is 26.0. The fourth-order valence-electron chi connectivity index (χ4n) is 2.72. The zero-order chi connectivity index (χ0) is 12.5. The van der Waals surface area contributed by atoms with Gasteiger partial charge >= 0.3 is 0 Å². The molecule has 1 aliphatic heterocycles. The first-order chi connectivity index (χ1) is 7.89. The van der Waals surface area contributed by atoms with Crippen molar-refractivity contribution in [1.29, 1.82) is 0 Å². The lowest BCUT2D eigenvalue weighted by Gasteiger charge is -2.27. The van der Waals surface area contributed by atoms with E-state index in [4.69, 9.17) is 4.74 Å². The molecule has 1 unspecified atom stereocenters. The lowest BCUT2D eigenvalue weighted by molar-refractivity contribution is -0.0699. The summed E-state index contributed by atoms with van der Waals surface area (Å²) in [6.45, 7) is 9.58. The Hall–Kier alpha value is -0.860. The Kier molecular flexibility index (Phi) is 3.28. The first-order valence-electron chi connectivity index (χ1n) is 6.37. The molecule has 94 valence electrons. The van der Waals surface area contributed by atoms with Crippen LogP contribution < -0.4 is 5.32 Å². The lowest BCUT2D eigenvalue weighted by atomic mass is 9.94. The van der Waals surface area contributed by atoms with Crippen molar-refractivity contribution in [2.24, 2.45) is 0 Å². The summed E-state index contributed by atoms with van der Waals surface area (Å²) in [5, 5.41) is 3.62. The van der Waals surface area contributed by atoms with Gasteiger partial charge in [-0.25, -0.2) is 0 Å². The minimum atomic E-state index is -0.0850. The SMILES string of the molecule is CC1(C)CC(NCc2ccccc2)C(C)(C)O1. The van der Waals surface area contributed by atoms with Crippen molar-refractivity contribution >= 4 is 0 Å². The summed E-state index contributed by atoms with van der Waals surface area (Å²) in [7, 11) is 0. The Balaban J connectivity index is 1.96. The Morgan fingerprint density at radius 3 is 2.35 bits per heavy atom. The minimum Gasteiger partial charge on any atom is -0.368 e. The molecule has 2 rings (SSSR count). The van der Waals surface area contributed by atoms with Crippen LogP contribution in [0.3, 0.4) is 0 Å². The number of rotatable bonds is 3. The second-order valence-electron chi connectivity index (χ2n) is 6.09. The van der Waals surface area contributed by atoms with Crippen LogP contribution in [0.4, 0.5) is 0 Å². The van der Waals surface area contributed by atoms with Crippen molar-refractivity contribution in [3.8, 4) is 0 Å². The van der Waals surface area contributed by atoms with Crippen LogP contribution >= 0.6 is 0 Å². The van der Waals surface area contributed by atoms with E-state index in [1.165, 1.54) is 5.56 Å². The van der Waals surface area contributed by atoms with E-state index < -0.39 is 0 Å². The molecule has 17 heavy (non-hydrogen) atoms. The maximum Gasteiger partial charge on any atom is 0.0787 e. The average molecular weight is 233 g/mol. The summed E-state index contributed by atoms with van der Waals surface area (Å²) in [6, 6.07) is 10.9. The molecule has 1 aliphatic rings. The molecule has 0 saturated carbocycles. The smallest absolute Gasteiger partial charge is 0.0787 e. The molecule has 0 radical (unpaired) electrons. The van der Waals surface area contributed by atoms with Crippen molar-refractivity contribution < 1.29 is 4.74 Å². The van der Waals surface area contributed by atoms with E-state index in [-0.39, 0.29) is 11.2 Å². The quantitative estimate of drug-likeness (QED) is 0.866. The van der Waals surface area contributed by atoms with Gasteiger partial charge in [-0.2, -0.15) is 0 Å². The third-order valence-electron chi connectivity index (χ3n) is 3.47. The molecule has 1 fully saturated rings. The third kappa shape index (κ3) is 3.08. The van der Waals surface area contributed by atoms with Crippen molar-refractivity contribution in [2.75, 3.05) is 0 Å². The van der Waals surface area contributed by atoms with Crippen LogP contribution in [0.15, 0.2) is 30.3 Å². The summed E-state index contributed by atoms with van der Waals surface area (Å²) >= 11 is 0. The first kappa shape index (κ1) is 12.6. The van der Waals surface area contributed by atoms with Crippen molar-refractivity contribution in [3.05, 3.63) is 35.9 Å². The fourth-order valence-corrected chi connectivity index (χ4v) is 2.72. The van der Waals surface area contributed by atoms with Crippen LogP contribution in [0.1, 0.15) is 39.7 Å². The van der Waals surface area contributed by atoms with Crippen molar-refractivity contribution in [1.82, 2.24) is 5.32 Å². The van der Waals surface area contributed by atoms with E-state index >= 15 is 0 Å². The predicted molar refractivity (Wildman–Crippen MR) is 70.9 cm³/mol. The van der Waals surface area contributed by atoms with Crippen LogP contribution in [-0.4, -0.2) is 17.2 Å². The average Bonchev–Trinajstić information content (AvgIpc) is 2.45. The van der Waals surface area contributed by atoms with Gasteiger partial charge < -0.3 is 10.1 Å². The zero-order valence-corrected chi connectivity index (χ0v) is 11.3. The van der Waals surface area contributed by atoms with Gasteiger partial charge in [0.2, 0.25) is 0 Å². The summed E-state index contributed by atoms with van der Waals surface area (Å²) < 4.78 is 6.07. The molecule has 1 aromatic carbocycles. The third-order valence-corrected chi connectivity index (χ3v) is 3.47. The van der Waals surface area contributed by atoms with Crippen LogP contribution in [0, 0.1) is 0 Å². The highest BCUT2D eigenvalue weighted by Gasteiger charge is 2.45. The molecular weight excluding hydrogens is 210 g/mol. The van der Waals surface area contributed by atoms with Gasteiger partial charge in [0.25, 0.3) is 0 Å². The largest absolute Gasteiger partial charge is 0.368 e. The number of hydrogen-bond acceptors (Lipinski definition) is 2. The second kappa shape index (κ2) is 4.43. The molecular formula is C15H23NO. The van der Waals surface area contributed by atoms with Gasteiger partial charge in [0.1, 0.15) is 0 Å². The number of nitrogens with one attached hydrogen (secondary N) is 1. The van der Waals surface area contributed by atoms with Gasteiger partial charge in [-0.3, -0.25) is 0 Å². The summed E-state index contributed by atoms with van der Waals surface area (Å²) in [4.78, 5) is 0. The van der Waals surface area contributed by atoms with Crippen LogP contribution in [0.25, 0.3) is 0 Å². The lowest BCUT2D eigenvalue weighted by Crippen LogP contribution is -2.42. The molecule has 0 amide bonds. The highest BCUT2D eigenvalue weighted by molar-refractivity contribution is 5.14. The summed E-state index contributed by atoms with van der Waals surface area (Å²) in [6.07, 6.45) is 1.06. The number of hydrogen-bond donors (Lipinski definition) is 1. The standard InChI is InChI=1S/C15H23NO/c1-14(2)10-13(15(3,4)17-14)16-11-12-8-6-5-7-9-12/h5-9,13,16H,10-11H2,1-4H3. The van der Waals surface area contributed by atoms with E-state index in [0.29, 0.717) is 6.04 Å². The van der Waals surface area contributed by atoms with Gasteiger partial charge in [-0.05, 0) is 39.7 Å². The van der Waals surface area contributed by atoms with Gasteiger partial charge in [0.15, 0.2) is 0 Å². The van der Waals surface area contributed by atoms with Gasteiger partial charge in [0.05, 0.1) is 11.2 Å². The van der Waals surface area contributed by atoms with Crippen LogP contribution in [0.5, 0.6) is 0 Å². The predicted octanol–water partition coefficient (Wildman–Crippen LogP) is 3.12. The maximum atomic E-state index is 6.07. The number of benzene rings is 1. The highest BCUT2D eigenvalue weighted by Crippen LogP contribution is 2.37. The molecule has 0 bridgehead atoms. The molecule has 1 heterocycles. The molecule has 1 aromatic rings. The fraction of sp³-hybridized carbons (Fsp3) is 0.600. The Labute approximate surface area is 104 Å². The molecule has 0 spiro atoms. The van der Waals surface area contributed by atoms with E-state index in [9.17, 15) is 0 Å². The topological polar surface area (TPSA) is 21.3 Å². The monoisotopic (exact) mass is 233 g/mol. The molecule has 1 N–H and O–H groups in total. The van der Waals surface area contributed by atoms with Crippen molar-refractivity contribution in [2.45, 2.75) is 57.9 Å². The molecule has 0 aliphatic carbocycles. The first-order valence-corrected chi connectivity index (χ1v) is 6.37. The van der Waals surface area contributed by atoms with E-state index in [2.05, 4.69) is 63.3 Å². The molecule has 2 heteroatoms. The summed E-state index contributed by atoms with van der Waals surface area (Å²) in [5.41, 5.74) is 1.23. The van der Waals surface area contributed by atoms with Gasteiger partial charge in [-0.15, -0.1) is 0 Å². The Morgan fingerprint density at radius 1 is 1.18 bits per heavy atom. The van der Waals surface area contributed by atoms with Gasteiger partial charge in [-0.1, -0.05) is 30.3 Å². The maximum absolute atomic E-state index is 6.07. The highest BCUT2D eigenvalue weighted by atomic mass is 16.5. The second-order valence-corrected chi connectivity index (χ2v) is 6.09. The molecule has 0 aromatic heterocycles. The van der Waals surface area contributed by atoms with Crippen LogP contribution in [-0.2, 0) is 11.3 Å². The molecule has 1 saturated heterocycles. The van der Waals surface area contributed by atoms with E-state index in [1.807, 2.05) is 0 Å². The van der Waals surface area contributed by atoms with Gasteiger partial charge in [0, 0.05) is 12.6 Å². The van der Waals surface area contributed by atoms with E-state index in [1.54, 1.807) is 0 Å². The van der Waals surface area contributed by atoms with Crippen molar-refractivity contribution in [3.63, 3.8) is 0 Å². The van der Waals surface area contributed by atoms with E-state index in [0.717, 1.165) is 13.0 Å².